The molecule has 0 saturated heterocycles. The molecule has 1 unspecified atom stereocenters. The van der Waals surface area contributed by atoms with Crippen LogP contribution in [0.2, 0.25) is 0 Å². The van der Waals surface area contributed by atoms with E-state index >= 15 is 0 Å². The Labute approximate surface area is 70.6 Å². The molecule has 0 fully saturated rings. The summed E-state index contributed by atoms with van der Waals surface area (Å²) >= 11 is 0. The summed E-state index contributed by atoms with van der Waals surface area (Å²) in [4.78, 5) is 11.2. The van der Waals surface area contributed by atoms with Gasteiger partial charge >= 0.3 is 0 Å². The Bertz CT molecular complexity index is 322. The van der Waals surface area contributed by atoms with Crippen molar-refractivity contribution in [2.24, 2.45) is 5.73 Å². The second-order valence-electron chi connectivity index (χ2n) is 2.88. The molecular weight excluding hydrogens is 152 g/mol. The number of nitrogens with two attached hydrogens (primary N) is 1. The van der Waals surface area contributed by atoms with Crippen LogP contribution in [0.3, 0.4) is 0 Å². The Kier molecular flexibility index (Phi) is 1.59. The predicted octanol–water partition coefficient (Wildman–Crippen LogP) is 0.681. The van der Waals surface area contributed by atoms with Crippen LogP contribution in [0.15, 0.2) is 24.3 Å². The minimum absolute atomic E-state index is 0.0497. The number of nitrogens with one attached hydrogen (secondary N) is 1. The highest BCUT2D eigenvalue weighted by atomic mass is 16.1. The number of hydrogen-bond donors (Lipinski definition) is 2. The lowest BCUT2D eigenvalue weighted by Gasteiger charge is -2.21. The van der Waals surface area contributed by atoms with Crippen LogP contribution in [0, 0.1) is 0 Å². The zero-order chi connectivity index (χ0) is 8.55. The monoisotopic (exact) mass is 162 g/mol. The van der Waals surface area contributed by atoms with Crippen molar-refractivity contribution in [2.45, 2.75) is 6.04 Å². The average Bonchev–Trinajstić information content (AvgIpc) is 2.12. The molecule has 3 heteroatoms. The summed E-state index contributed by atoms with van der Waals surface area (Å²) in [6.07, 6.45) is 0. The van der Waals surface area contributed by atoms with E-state index in [1.807, 2.05) is 24.3 Å². The molecule has 62 valence electrons. The summed E-state index contributed by atoms with van der Waals surface area (Å²) < 4.78 is 0. The highest BCUT2D eigenvalue weighted by Crippen LogP contribution is 2.25. The standard InChI is InChI=1S/C9H10N2O/c10-9-6-3-1-2-4-7(6)11-5-8(9)12/h1-4,9,11H,5,10H2. The van der Waals surface area contributed by atoms with Gasteiger partial charge in [0.2, 0.25) is 0 Å². The molecule has 3 nitrogen and oxygen atoms in total. The van der Waals surface area contributed by atoms with E-state index in [-0.39, 0.29) is 5.78 Å². The lowest BCUT2D eigenvalue weighted by Crippen LogP contribution is -2.32. The molecule has 0 saturated carbocycles. The second kappa shape index (κ2) is 2.60. The van der Waals surface area contributed by atoms with Crippen LogP contribution >= 0.6 is 0 Å². The number of carbonyl (C=O) groups is 1. The first-order valence-electron chi connectivity index (χ1n) is 3.90. The molecular formula is C9H10N2O. The van der Waals surface area contributed by atoms with Gasteiger partial charge < -0.3 is 11.1 Å². The summed E-state index contributed by atoms with van der Waals surface area (Å²) in [5.41, 5.74) is 7.57. The lowest BCUT2D eigenvalue weighted by atomic mass is 9.98. The van der Waals surface area contributed by atoms with Crippen LogP contribution in [0.1, 0.15) is 11.6 Å². The van der Waals surface area contributed by atoms with Gasteiger partial charge in [0, 0.05) is 5.69 Å². The third-order valence-corrected chi connectivity index (χ3v) is 2.10. The fraction of sp³-hybridized carbons (Fsp3) is 0.222. The van der Waals surface area contributed by atoms with Crippen LogP contribution in [0.4, 0.5) is 5.69 Å². The van der Waals surface area contributed by atoms with E-state index in [0.29, 0.717) is 6.54 Å². The lowest BCUT2D eigenvalue weighted by molar-refractivity contribution is -0.119. The maximum Gasteiger partial charge on any atom is 0.173 e. The number of anilines is 1. The van der Waals surface area contributed by atoms with Crippen molar-refractivity contribution in [1.29, 1.82) is 0 Å². The minimum Gasteiger partial charge on any atom is -0.378 e. The van der Waals surface area contributed by atoms with Crippen LogP contribution in [0.25, 0.3) is 0 Å². The molecule has 1 aromatic rings. The number of benzene rings is 1. The Morgan fingerprint density at radius 2 is 2.17 bits per heavy atom. The number of Topliss-reactive ketones (excluding diaryl/α,β-unsaturated/α-hetero) is 1. The van der Waals surface area contributed by atoms with E-state index in [4.69, 9.17) is 5.73 Å². The van der Waals surface area contributed by atoms with E-state index < -0.39 is 6.04 Å². The van der Waals surface area contributed by atoms with E-state index in [1.54, 1.807) is 0 Å². The van der Waals surface area contributed by atoms with Crippen molar-refractivity contribution in [3.05, 3.63) is 29.8 Å². The van der Waals surface area contributed by atoms with E-state index in [9.17, 15) is 4.79 Å². The number of rotatable bonds is 0. The van der Waals surface area contributed by atoms with Crippen molar-refractivity contribution in [1.82, 2.24) is 0 Å². The van der Waals surface area contributed by atoms with Crippen molar-refractivity contribution in [2.75, 3.05) is 11.9 Å². The highest BCUT2D eigenvalue weighted by Gasteiger charge is 2.22. The molecule has 0 aliphatic carbocycles. The fourth-order valence-electron chi connectivity index (χ4n) is 1.39. The molecule has 0 radical (unpaired) electrons. The zero-order valence-electron chi connectivity index (χ0n) is 6.58. The smallest absolute Gasteiger partial charge is 0.173 e. The number of hydrogen-bond acceptors (Lipinski definition) is 3. The van der Waals surface area contributed by atoms with Crippen LogP contribution in [0.5, 0.6) is 0 Å². The second-order valence-corrected chi connectivity index (χ2v) is 2.88. The Morgan fingerprint density at radius 3 is 3.00 bits per heavy atom. The van der Waals surface area contributed by atoms with Gasteiger partial charge in [0.25, 0.3) is 0 Å². The molecule has 1 aromatic carbocycles. The summed E-state index contributed by atoms with van der Waals surface area (Å²) in [6.45, 7) is 0.345. The highest BCUT2D eigenvalue weighted by molar-refractivity contribution is 5.93. The first-order valence-corrected chi connectivity index (χ1v) is 3.90. The van der Waals surface area contributed by atoms with Gasteiger partial charge in [-0.15, -0.1) is 0 Å². The van der Waals surface area contributed by atoms with Crippen LogP contribution in [-0.4, -0.2) is 12.3 Å². The quantitative estimate of drug-likeness (QED) is 0.589. The number of carbonyl (C=O) groups excluding carboxylic acids is 1. The summed E-state index contributed by atoms with van der Waals surface area (Å²) in [6, 6.07) is 7.18. The molecule has 0 spiro atoms. The van der Waals surface area contributed by atoms with Gasteiger partial charge in [0.15, 0.2) is 5.78 Å². The normalized spacial score (nSPS) is 21.4. The van der Waals surface area contributed by atoms with Gasteiger partial charge in [0.05, 0.1) is 12.6 Å². The molecule has 1 aliphatic rings. The fourth-order valence-corrected chi connectivity index (χ4v) is 1.39. The maximum absolute atomic E-state index is 11.2. The van der Waals surface area contributed by atoms with Gasteiger partial charge in [-0.2, -0.15) is 0 Å². The Balaban J connectivity index is 2.48. The molecule has 0 aromatic heterocycles. The Hall–Kier alpha value is -1.35. The van der Waals surface area contributed by atoms with Crippen LogP contribution in [-0.2, 0) is 4.79 Å². The molecule has 1 aliphatic heterocycles. The Morgan fingerprint density at radius 1 is 1.42 bits per heavy atom. The molecule has 2 rings (SSSR count). The van der Waals surface area contributed by atoms with Gasteiger partial charge in [-0.05, 0) is 11.6 Å². The SMILES string of the molecule is NC1C(=O)CNc2ccccc21. The largest absolute Gasteiger partial charge is 0.378 e. The van der Waals surface area contributed by atoms with Crippen molar-refractivity contribution in [3.8, 4) is 0 Å². The number of fused-ring (bicyclic) bond motifs is 1. The van der Waals surface area contributed by atoms with Crippen molar-refractivity contribution < 1.29 is 4.79 Å². The van der Waals surface area contributed by atoms with Gasteiger partial charge in [-0.1, -0.05) is 18.2 Å². The maximum atomic E-state index is 11.2. The predicted molar refractivity (Wildman–Crippen MR) is 46.9 cm³/mol. The molecule has 1 heterocycles. The van der Waals surface area contributed by atoms with E-state index in [2.05, 4.69) is 5.32 Å². The third kappa shape index (κ3) is 0.987. The molecule has 0 amide bonds. The summed E-state index contributed by atoms with van der Waals surface area (Å²) in [5, 5.41) is 3.01. The number of ketones is 1. The molecule has 3 N–H and O–H groups in total. The molecule has 12 heavy (non-hydrogen) atoms. The first-order chi connectivity index (χ1) is 5.79. The first kappa shape index (κ1) is 7.31. The zero-order valence-corrected chi connectivity index (χ0v) is 6.58. The van der Waals surface area contributed by atoms with E-state index in [1.165, 1.54) is 0 Å². The van der Waals surface area contributed by atoms with Crippen molar-refractivity contribution in [3.63, 3.8) is 0 Å². The van der Waals surface area contributed by atoms with Gasteiger partial charge in [0.1, 0.15) is 0 Å². The number of para-hydroxylation sites is 1. The summed E-state index contributed by atoms with van der Waals surface area (Å²) in [5.74, 6) is 0.0497. The van der Waals surface area contributed by atoms with E-state index in [0.717, 1.165) is 11.3 Å². The third-order valence-electron chi connectivity index (χ3n) is 2.10. The average molecular weight is 162 g/mol. The topological polar surface area (TPSA) is 55.1 Å². The van der Waals surface area contributed by atoms with Crippen molar-refractivity contribution >= 4 is 11.5 Å². The summed E-state index contributed by atoms with van der Waals surface area (Å²) in [7, 11) is 0. The van der Waals surface area contributed by atoms with Crippen LogP contribution < -0.4 is 11.1 Å². The van der Waals surface area contributed by atoms with Gasteiger partial charge in [-0.3, -0.25) is 4.79 Å². The minimum atomic E-state index is -0.442. The van der Waals surface area contributed by atoms with Gasteiger partial charge in [-0.25, -0.2) is 0 Å². The molecule has 1 atom stereocenters. The molecule has 0 bridgehead atoms.